The quantitative estimate of drug-likeness (QED) is 0.866. The van der Waals surface area contributed by atoms with E-state index >= 15 is 0 Å². The molecule has 7 heteroatoms. The summed E-state index contributed by atoms with van der Waals surface area (Å²) >= 11 is 5.92. The normalized spacial score (nSPS) is 31.3. The lowest BCUT2D eigenvalue weighted by Gasteiger charge is -2.37. The third kappa shape index (κ3) is 3.33. The van der Waals surface area contributed by atoms with Crippen LogP contribution in [0.4, 0.5) is 0 Å². The molecule has 3 heterocycles. The molecule has 3 saturated heterocycles. The summed E-state index contributed by atoms with van der Waals surface area (Å²) in [5, 5.41) is 10.2. The molecule has 3 fully saturated rings. The van der Waals surface area contributed by atoms with Gasteiger partial charge in [0.25, 0.3) is 0 Å². The van der Waals surface area contributed by atoms with Gasteiger partial charge in [0.1, 0.15) is 0 Å². The van der Waals surface area contributed by atoms with Crippen molar-refractivity contribution in [1.82, 2.24) is 9.80 Å². The highest BCUT2D eigenvalue weighted by atomic mass is 35.5. The molecule has 0 spiro atoms. The van der Waals surface area contributed by atoms with E-state index in [0.717, 1.165) is 37.5 Å². The molecule has 3 aliphatic heterocycles. The summed E-state index contributed by atoms with van der Waals surface area (Å²) in [4.78, 5) is 28.7. The molecule has 0 saturated carbocycles. The maximum atomic E-state index is 13.0. The molecule has 1 amide bonds. The zero-order chi connectivity index (χ0) is 18.3. The van der Waals surface area contributed by atoms with E-state index < -0.39 is 17.8 Å². The Morgan fingerprint density at radius 1 is 1.04 bits per heavy atom. The fraction of sp³-hybridized carbons (Fsp3) is 0.579. The number of piperazine rings is 1. The van der Waals surface area contributed by atoms with Crippen LogP contribution in [0.1, 0.15) is 18.4 Å². The number of carbonyl (C=O) groups is 2. The van der Waals surface area contributed by atoms with Crippen LogP contribution in [0, 0.1) is 11.8 Å². The van der Waals surface area contributed by atoms with Gasteiger partial charge in [-0.05, 0) is 30.5 Å². The largest absolute Gasteiger partial charge is 0.481 e. The summed E-state index contributed by atoms with van der Waals surface area (Å²) in [5.74, 6) is -2.16. The third-order valence-corrected chi connectivity index (χ3v) is 6.10. The van der Waals surface area contributed by atoms with Crippen molar-refractivity contribution in [2.45, 2.75) is 31.6 Å². The monoisotopic (exact) mass is 378 g/mol. The molecule has 140 valence electrons. The average molecular weight is 379 g/mol. The van der Waals surface area contributed by atoms with E-state index in [1.54, 1.807) is 0 Å². The van der Waals surface area contributed by atoms with E-state index in [-0.39, 0.29) is 18.1 Å². The second-order valence-electron chi connectivity index (χ2n) is 7.41. The predicted octanol–water partition coefficient (Wildman–Crippen LogP) is 1.86. The summed E-state index contributed by atoms with van der Waals surface area (Å²) < 4.78 is 5.73. The van der Waals surface area contributed by atoms with E-state index in [4.69, 9.17) is 16.3 Å². The minimum atomic E-state index is -0.906. The molecule has 2 bridgehead atoms. The zero-order valence-electron chi connectivity index (χ0n) is 14.5. The van der Waals surface area contributed by atoms with E-state index in [2.05, 4.69) is 4.90 Å². The van der Waals surface area contributed by atoms with Gasteiger partial charge in [-0.15, -0.1) is 0 Å². The molecule has 1 aromatic carbocycles. The van der Waals surface area contributed by atoms with Gasteiger partial charge >= 0.3 is 5.97 Å². The Balaban J connectivity index is 1.35. The number of aliphatic carboxylic acids is 1. The first-order chi connectivity index (χ1) is 12.5. The number of rotatable bonds is 4. The Labute approximate surface area is 157 Å². The SMILES string of the molecule is O=C(O)C1C2CCC(O2)C1C(=O)N1CCN(Cc2ccc(Cl)cc2)CC1. The highest BCUT2D eigenvalue weighted by Crippen LogP contribution is 2.44. The predicted molar refractivity (Wildman–Crippen MR) is 95.8 cm³/mol. The van der Waals surface area contributed by atoms with Crippen molar-refractivity contribution in [3.05, 3.63) is 34.9 Å². The maximum Gasteiger partial charge on any atom is 0.310 e. The van der Waals surface area contributed by atoms with Crippen LogP contribution in [0.2, 0.25) is 5.02 Å². The Kier molecular flexibility index (Phi) is 4.90. The second kappa shape index (κ2) is 7.18. The van der Waals surface area contributed by atoms with Crippen LogP contribution in [0.15, 0.2) is 24.3 Å². The first-order valence-electron chi connectivity index (χ1n) is 9.17. The van der Waals surface area contributed by atoms with E-state index in [1.165, 1.54) is 5.56 Å². The summed E-state index contributed by atoms with van der Waals surface area (Å²) in [7, 11) is 0. The van der Waals surface area contributed by atoms with E-state index in [0.29, 0.717) is 13.1 Å². The summed E-state index contributed by atoms with van der Waals surface area (Å²) in [6, 6.07) is 7.81. The molecule has 0 radical (unpaired) electrons. The van der Waals surface area contributed by atoms with Gasteiger partial charge in [0.2, 0.25) is 5.91 Å². The highest BCUT2D eigenvalue weighted by molar-refractivity contribution is 6.30. The molecular formula is C19H23ClN2O4. The van der Waals surface area contributed by atoms with Crippen molar-refractivity contribution in [1.29, 1.82) is 0 Å². The van der Waals surface area contributed by atoms with Crippen molar-refractivity contribution >= 4 is 23.5 Å². The Hall–Kier alpha value is -1.63. The van der Waals surface area contributed by atoms with Crippen LogP contribution in [0.3, 0.4) is 0 Å². The second-order valence-corrected chi connectivity index (χ2v) is 7.84. The van der Waals surface area contributed by atoms with Gasteiger partial charge in [0.15, 0.2) is 0 Å². The van der Waals surface area contributed by atoms with Crippen LogP contribution in [0.25, 0.3) is 0 Å². The lowest BCUT2D eigenvalue weighted by atomic mass is 9.78. The molecule has 1 aromatic rings. The molecule has 6 nitrogen and oxygen atoms in total. The molecular weight excluding hydrogens is 356 g/mol. The zero-order valence-corrected chi connectivity index (χ0v) is 15.3. The standard InChI is InChI=1S/C19H23ClN2O4/c20-13-3-1-12(2-4-13)11-21-7-9-22(10-8-21)18(23)16-14-5-6-15(26-14)17(16)19(24)25/h1-4,14-17H,5-11H2,(H,24,25). The number of hydrogen-bond acceptors (Lipinski definition) is 4. The maximum absolute atomic E-state index is 13.0. The number of carbonyl (C=O) groups excluding carboxylic acids is 1. The minimum absolute atomic E-state index is 0.0456. The van der Waals surface area contributed by atoms with E-state index in [9.17, 15) is 14.7 Å². The van der Waals surface area contributed by atoms with Gasteiger partial charge in [-0.2, -0.15) is 0 Å². The van der Waals surface area contributed by atoms with Crippen LogP contribution in [-0.4, -0.2) is 65.2 Å². The van der Waals surface area contributed by atoms with Crippen molar-refractivity contribution in [3.63, 3.8) is 0 Å². The topological polar surface area (TPSA) is 70.1 Å². The molecule has 4 rings (SSSR count). The fourth-order valence-corrected chi connectivity index (χ4v) is 4.62. The number of fused-ring (bicyclic) bond motifs is 2. The number of hydrogen-bond donors (Lipinski definition) is 1. The smallest absolute Gasteiger partial charge is 0.310 e. The molecule has 4 unspecified atom stereocenters. The van der Waals surface area contributed by atoms with Gasteiger partial charge in [0.05, 0.1) is 24.0 Å². The van der Waals surface area contributed by atoms with Crippen LogP contribution in [0.5, 0.6) is 0 Å². The molecule has 4 atom stereocenters. The van der Waals surface area contributed by atoms with Crippen molar-refractivity contribution in [2.75, 3.05) is 26.2 Å². The number of carboxylic acids is 1. The summed E-state index contributed by atoms with van der Waals surface area (Å²) in [6.07, 6.45) is 1.03. The lowest BCUT2D eigenvalue weighted by Crippen LogP contribution is -2.53. The summed E-state index contributed by atoms with van der Waals surface area (Å²) in [6.45, 7) is 3.66. The number of carboxylic acid groups (broad SMARTS) is 1. The number of nitrogens with zero attached hydrogens (tertiary/aromatic N) is 2. The van der Waals surface area contributed by atoms with Crippen LogP contribution in [-0.2, 0) is 20.9 Å². The van der Waals surface area contributed by atoms with Gasteiger partial charge in [-0.3, -0.25) is 14.5 Å². The first kappa shape index (κ1) is 17.8. The van der Waals surface area contributed by atoms with Crippen LogP contribution < -0.4 is 0 Å². The van der Waals surface area contributed by atoms with Gasteiger partial charge in [-0.25, -0.2) is 0 Å². The molecule has 0 aliphatic carbocycles. The van der Waals surface area contributed by atoms with Crippen molar-refractivity contribution in [2.24, 2.45) is 11.8 Å². The molecule has 0 aromatic heterocycles. The van der Waals surface area contributed by atoms with Gasteiger partial charge in [-0.1, -0.05) is 23.7 Å². The van der Waals surface area contributed by atoms with Gasteiger partial charge in [0, 0.05) is 37.7 Å². The third-order valence-electron chi connectivity index (χ3n) is 5.85. The van der Waals surface area contributed by atoms with Crippen molar-refractivity contribution in [3.8, 4) is 0 Å². The molecule has 26 heavy (non-hydrogen) atoms. The average Bonchev–Trinajstić information content (AvgIpc) is 3.25. The van der Waals surface area contributed by atoms with E-state index in [1.807, 2.05) is 29.2 Å². The van der Waals surface area contributed by atoms with Gasteiger partial charge < -0.3 is 14.7 Å². The lowest BCUT2D eigenvalue weighted by molar-refractivity contribution is -0.151. The molecule has 1 N–H and O–H groups in total. The minimum Gasteiger partial charge on any atom is -0.481 e. The Morgan fingerprint density at radius 3 is 2.27 bits per heavy atom. The van der Waals surface area contributed by atoms with Crippen LogP contribution >= 0.6 is 11.6 Å². The Morgan fingerprint density at radius 2 is 1.65 bits per heavy atom. The first-order valence-corrected chi connectivity index (χ1v) is 9.54. The number of amides is 1. The number of halogens is 1. The molecule has 3 aliphatic rings. The number of ether oxygens (including phenoxy) is 1. The highest BCUT2D eigenvalue weighted by Gasteiger charge is 2.56. The fourth-order valence-electron chi connectivity index (χ4n) is 4.49. The Bertz CT molecular complexity index is 687. The van der Waals surface area contributed by atoms with Crippen molar-refractivity contribution < 1.29 is 19.4 Å². The number of benzene rings is 1. The summed E-state index contributed by atoms with van der Waals surface area (Å²) in [5.41, 5.74) is 1.20.